The summed E-state index contributed by atoms with van der Waals surface area (Å²) in [6, 6.07) is 5.76. The highest BCUT2D eigenvalue weighted by molar-refractivity contribution is 6.74. The number of methoxy groups -OCH3 is 1. The van der Waals surface area contributed by atoms with Crippen LogP contribution in [0, 0.1) is 0 Å². The van der Waals surface area contributed by atoms with Crippen LogP contribution in [-0.2, 0) is 13.9 Å². The standard InChI is InChI=1S/C20H30N2O5Si/c1-20(2,3)28(5,6)26-13-14-12-25-11-10-22(14)19-21-17-15(18(23)24-4)8-7-9-16(17)27-19/h7-9,14H,10-13H2,1-6H3. The van der Waals surface area contributed by atoms with Crippen molar-refractivity contribution in [2.45, 2.75) is 44.9 Å². The molecule has 1 saturated heterocycles. The molecule has 0 spiro atoms. The number of carbonyl (C=O) groups excluding carboxylic acids is 1. The van der Waals surface area contributed by atoms with Crippen molar-refractivity contribution in [3.05, 3.63) is 23.8 Å². The number of rotatable bonds is 5. The van der Waals surface area contributed by atoms with Gasteiger partial charge >= 0.3 is 5.97 Å². The zero-order valence-electron chi connectivity index (χ0n) is 17.6. The second kappa shape index (κ2) is 7.85. The molecule has 1 fully saturated rings. The van der Waals surface area contributed by atoms with Crippen molar-refractivity contribution in [3.63, 3.8) is 0 Å². The van der Waals surface area contributed by atoms with Gasteiger partial charge < -0.3 is 23.2 Å². The van der Waals surface area contributed by atoms with Crippen LogP contribution in [0.3, 0.4) is 0 Å². The van der Waals surface area contributed by atoms with E-state index in [9.17, 15) is 4.79 Å². The number of para-hydroxylation sites is 1. The highest BCUT2D eigenvalue weighted by Gasteiger charge is 2.39. The van der Waals surface area contributed by atoms with E-state index in [0.717, 1.165) is 0 Å². The van der Waals surface area contributed by atoms with E-state index in [-0.39, 0.29) is 11.1 Å². The van der Waals surface area contributed by atoms with Crippen LogP contribution in [0.2, 0.25) is 18.1 Å². The molecule has 0 saturated carbocycles. The van der Waals surface area contributed by atoms with Crippen molar-refractivity contribution < 1.29 is 23.1 Å². The number of ether oxygens (including phenoxy) is 2. The number of hydrogen-bond acceptors (Lipinski definition) is 7. The third-order valence-corrected chi connectivity index (χ3v) is 10.2. The number of fused-ring (bicyclic) bond motifs is 1. The van der Waals surface area contributed by atoms with Crippen LogP contribution in [0.25, 0.3) is 11.1 Å². The van der Waals surface area contributed by atoms with Gasteiger partial charge in [-0.25, -0.2) is 4.79 Å². The second-order valence-electron chi connectivity index (χ2n) is 8.63. The molecule has 0 amide bonds. The average Bonchev–Trinajstić information content (AvgIpc) is 3.09. The molecule has 1 aromatic heterocycles. The van der Waals surface area contributed by atoms with Gasteiger partial charge in [0.25, 0.3) is 6.01 Å². The highest BCUT2D eigenvalue weighted by Crippen LogP contribution is 2.37. The highest BCUT2D eigenvalue weighted by atomic mass is 28.4. The minimum absolute atomic E-state index is 0.0116. The van der Waals surface area contributed by atoms with Gasteiger partial charge in [-0.3, -0.25) is 0 Å². The normalized spacial score (nSPS) is 18.5. The number of nitrogens with zero attached hydrogens (tertiary/aromatic N) is 2. The van der Waals surface area contributed by atoms with Gasteiger partial charge in [0, 0.05) is 6.54 Å². The zero-order chi connectivity index (χ0) is 20.5. The van der Waals surface area contributed by atoms with E-state index < -0.39 is 14.3 Å². The number of oxazole rings is 1. The Morgan fingerprint density at radius 3 is 2.79 bits per heavy atom. The van der Waals surface area contributed by atoms with Crippen molar-refractivity contribution >= 4 is 31.4 Å². The van der Waals surface area contributed by atoms with E-state index in [1.165, 1.54) is 7.11 Å². The number of hydrogen-bond donors (Lipinski definition) is 0. The molecule has 8 heteroatoms. The van der Waals surface area contributed by atoms with Gasteiger partial charge in [-0.05, 0) is 30.3 Å². The molecule has 0 aliphatic carbocycles. The summed E-state index contributed by atoms with van der Waals surface area (Å²) in [7, 11) is -0.515. The van der Waals surface area contributed by atoms with Crippen LogP contribution in [-0.4, -0.2) is 58.8 Å². The number of morpholine rings is 1. The molecule has 2 heterocycles. The maximum atomic E-state index is 12.0. The Morgan fingerprint density at radius 2 is 2.11 bits per heavy atom. The molecule has 1 atom stereocenters. The number of anilines is 1. The summed E-state index contributed by atoms with van der Waals surface area (Å²) in [5.74, 6) is -0.426. The predicted octanol–water partition coefficient (Wildman–Crippen LogP) is 3.84. The van der Waals surface area contributed by atoms with Crippen LogP contribution >= 0.6 is 0 Å². The Hall–Kier alpha value is -1.90. The van der Waals surface area contributed by atoms with E-state index in [2.05, 4.69) is 43.7 Å². The summed E-state index contributed by atoms with van der Waals surface area (Å²) >= 11 is 0. The summed E-state index contributed by atoms with van der Waals surface area (Å²) in [4.78, 5) is 18.7. The Kier molecular flexibility index (Phi) is 5.83. The Morgan fingerprint density at radius 1 is 1.36 bits per heavy atom. The van der Waals surface area contributed by atoms with E-state index in [1.807, 2.05) is 0 Å². The zero-order valence-corrected chi connectivity index (χ0v) is 18.6. The van der Waals surface area contributed by atoms with Crippen LogP contribution < -0.4 is 4.90 Å². The molecule has 3 rings (SSSR count). The molecule has 1 aliphatic rings. The largest absolute Gasteiger partial charge is 0.465 e. The maximum absolute atomic E-state index is 12.0. The molecule has 0 N–H and O–H groups in total. The second-order valence-corrected chi connectivity index (χ2v) is 13.4. The van der Waals surface area contributed by atoms with Crippen molar-refractivity contribution in [3.8, 4) is 0 Å². The SMILES string of the molecule is COC(=O)c1cccc2oc(N3CCOCC3CO[Si](C)(C)C(C)(C)C)nc12. The molecule has 1 aliphatic heterocycles. The van der Waals surface area contributed by atoms with E-state index in [4.69, 9.17) is 18.3 Å². The third kappa shape index (κ3) is 4.08. The van der Waals surface area contributed by atoms with Crippen molar-refractivity contribution in [1.82, 2.24) is 4.98 Å². The molecule has 1 aromatic carbocycles. The van der Waals surface area contributed by atoms with Crippen LogP contribution in [0.1, 0.15) is 31.1 Å². The van der Waals surface area contributed by atoms with Gasteiger partial charge in [0.15, 0.2) is 13.9 Å². The Bertz CT molecular complexity index is 843. The molecule has 0 radical (unpaired) electrons. The predicted molar refractivity (Wildman–Crippen MR) is 110 cm³/mol. The lowest BCUT2D eigenvalue weighted by molar-refractivity contribution is 0.0602. The quantitative estimate of drug-likeness (QED) is 0.552. The molecular formula is C20H30N2O5Si. The average molecular weight is 407 g/mol. The first-order chi connectivity index (χ1) is 13.1. The van der Waals surface area contributed by atoms with Gasteiger partial charge in [-0.2, -0.15) is 4.98 Å². The summed E-state index contributed by atoms with van der Waals surface area (Å²) in [5.41, 5.74) is 1.48. The van der Waals surface area contributed by atoms with E-state index >= 15 is 0 Å². The van der Waals surface area contributed by atoms with Crippen molar-refractivity contribution in [2.24, 2.45) is 0 Å². The first-order valence-corrected chi connectivity index (χ1v) is 12.5. The molecule has 154 valence electrons. The van der Waals surface area contributed by atoms with Crippen molar-refractivity contribution in [1.29, 1.82) is 0 Å². The van der Waals surface area contributed by atoms with Gasteiger partial charge in [0.2, 0.25) is 0 Å². The number of benzene rings is 1. The topological polar surface area (TPSA) is 74.0 Å². The summed E-state index contributed by atoms with van der Waals surface area (Å²) in [6.07, 6.45) is 0. The first-order valence-electron chi connectivity index (χ1n) is 9.60. The summed E-state index contributed by atoms with van der Waals surface area (Å²) in [6.45, 7) is 13.5. The maximum Gasteiger partial charge on any atom is 0.340 e. The van der Waals surface area contributed by atoms with Crippen LogP contribution in [0.4, 0.5) is 6.01 Å². The lowest BCUT2D eigenvalue weighted by Crippen LogP contribution is -2.51. The molecule has 0 bridgehead atoms. The Balaban J connectivity index is 1.85. The smallest absolute Gasteiger partial charge is 0.340 e. The summed E-state index contributed by atoms with van der Waals surface area (Å²) < 4.78 is 22.9. The Labute approximate surface area is 167 Å². The van der Waals surface area contributed by atoms with Crippen molar-refractivity contribution in [2.75, 3.05) is 38.4 Å². The van der Waals surface area contributed by atoms with Gasteiger partial charge in [0.05, 0.1) is 38.5 Å². The van der Waals surface area contributed by atoms with Crippen LogP contribution in [0.15, 0.2) is 22.6 Å². The first kappa shape index (κ1) is 20.8. The monoisotopic (exact) mass is 406 g/mol. The molecule has 28 heavy (non-hydrogen) atoms. The molecule has 7 nitrogen and oxygen atoms in total. The molecular weight excluding hydrogens is 376 g/mol. The molecule has 1 unspecified atom stereocenters. The lowest BCUT2D eigenvalue weighted by atomic mass is 10.2. The molecule has 2 aromatic rings. The van der Waals surface area contributed by atoms with Gasteiger partial charge in [0.1, 0.15) is 5.52 Å². The van der Waals surface area contributed by atoms with E-state index in [1.54, 1.807) is 18.2 Å². The fraction of sp³-hybridized carbons (Fsp3) is 0.600. The minimum atomic E-state index is -1.87. The van der Waals surface area contributed by atoms with Gasteiger partial charge in [-0.1, -0.05) is 26.8 Å². The van der Waals surface area contributed by atoms with Crippen LogP contribution in [0.5, 0.6) is 0 Å². The number of aromatic nitrogens is 1. The number of carbonyl (C=O) groups is 1. The third-order valence-electron chi connectivity index (χ3n) is 5.73. The lowest BCUT2D eigenvalue weighted by Gasteiger charge is -2.40. The fourth-order valence-electron chi connectivity index (χ4n) is 2.90. The fourth-order valence-corrected chi connectivity index (χ4v) is 3.94. The van der Waals surface area contributed by atoms with E-state index in [0.29, 0.717) is 49.0 Å². The minimum Gasteiger partial charge on any atom is -0.465 e. The van der Waals surface area contributed by atoms with Gasteiger partial charge in [-0.15, -0.1) is 0 Å². The summed E-state index contributed by atoms with van der Waals surface area (Å²) in [5, 5.41) is 0.139. The number of esters is 1.